The van der Waals surface area contributed by atoms with Crippen LogP contribution in [0.5, 0.6) is 0 Å². The quantitative estimate of drug-likeness (QED) is 0.856. The van der Waals surface area contributed by atoms with Crippen LogP contribution in [0.3, 0.4) is 0 Å². The first-order chi connectivity index (χ1) is 10.1. The van der Waals surface area contributed by atoms with Gasteiger partial charge in [0.2, 0.25) is 11.8 Å². The molecule has 1 fully saturated rings. The van der Waals surface area contributed by atoms with Crippen LogP contribution in [0.1, 0.15) is 25.3 Å². The minimum Gasteiger partial charge on any atom is -0.339 e. The van der Waals surface area contributed by atoms with Gasteiger partial charge in [0, 0.05) is 44.0 Å². The molecule has 4 nitrogen and oxygen atoms in total. The zero-order valence-electron chi connectivity index (χ0n) is 12.3. The van der Waals surface area contributed by atoms with E-state index in [0.717, 1.165) is 5.56 Å². The fourth-order valence-corrected chi connectivity index (χ4v) is 2.74. The van der Waals surface area contributed by atoms with E-state index >= 15 is 0 Å². The molecule has 0 radical (unpaired) electrons. The smallest absolute Gasteiger partial charge is 0.223 e. The van der Waals surface area contributed by atoms with Crippen LogP contribution in [0.25, 0.3) is 0 Å². The molecule has 1 heterocycles. The Balaban J connectivity index is 1.78. The van der Waals surface area contributed by atoms with Gasteiger partial charge in [0.25, 0.3) is 0 Å². The van der Waals surface area contributed by atoms with Gasteiger partial charge in [-0.2, -0.15) is 0 Å². The number of halogens is 1. The van der Waals surface area contributed by atoms with Gasteiger partial charge in [-0.1, -0.05) is 30.7 Å². The Morgan fingerprint density at radius 3 is 2.29 bits per heavy atom. The van der Waals surface area contributed by atoms with E-state index in [0.29, 0.717) is 50.5 Å². The first-order valence-corrected chi connectivity index (χ1v) is 7.78. The van der Waals surface area contributed by atoms with Crippen molar-refractivity contribution in [2.75, 3.05) is 26.2 Å². The maximum absolute atomic E-state index is 12.2. The molecule has 0 spiro atoms. The third kappa shape index (κ3) is 4.46. The molecule has 1 aromatic rings. The molecule has 21 heavy (non-hydrogen) atoms. The van der Waals surface area contributed by atoms with E-state index in [9.17, 15) is 9.59 Å². The zero-order valence-corrected chi connectivity index (χ0v) is 13.1. The number of carbonyl (C=O) groups is 2. The lowest BCUT2D eigenvalue weighted by Gasteiger charge is -2.34. The zero-order chi connectivity index (χ0) is 15.2. The summed E-state index contributed by atoms with van der Waals surface area (Å²) in [4.78, 5) is 27.5. The van der Waals surface area contributed by atoms with Gasteiger partial charge in [-0.05, 0) is 24.1 Å². The van der Waals surface area contributed by atoms with Crippen molar-refractivity contribution < 1.29 is 9.59 Å². The molecule has 2 rings (SSSR count). The predicted octanol–water partition coefficient (Wildman–Crippen LogP) is 2.35. The molecule has 0 aromatic heterocycles. The molecule has 0 aliphatic carbocycles. The van der Waals surface area contributed by atoms with Crippen LogP contribution in [0.4, 0.5) is 0 Å². The summed E-state index contributed by atoms with van der Waals surface area (Å²) in [6.45, 7) is 4.44. The van der Waals surface area contributed by atoms with Crippen molar-refractivity contribution in [2.24, 2.45) is 0 Å². The number of benzene rings is 1. The van der Waals surface area contributed by atoms with Crippen LogP contribution < -0.4 is 0 Å². The highest BCUT2D eigenvalue weighted by molar-refractivity contribution is 6.30. The van der Waals surface area contributed by atoms with Crippen molar-refractivity contribution in [3.8, 4) is 0 Å². The molecule has 1 saturated heterocycles. The number of hydrogen-bond acceptors (Lipinski definition) is 2. The molecule has 114 valence electrons. The van der Waals surface area contributed by atoms with E-state index < -0.39 is 0 Å². The largest absolute Gasteiger partial charge is 0.339 e. The molecular weight excluding hydrogens is 288 g/mol. The normalized spacial score (nSPS) is 15.1. The van der Waals surface area contributed by atoms with Crippen LogP contribution in [0.15, 0.2) is 24.3 Å². The van der Waals surface area contributed by atoms with E-state index in [-0.39, 0.29) is 11.8 Å². The summed E-state index contributed by atoms with van der Waals surface area (Å²) in [5.41, 5.74) is 1.08. The van der Waals surface area contributed by atoms with Crippen molar-refractivity contribution in [1.82, 2.24) is 9.80 Å². The SMILES string of the molecule is CCC(=O)N1CCN(C(=O)CCc2cccc(Cl)c2)CC1. The Bertz CT molecular complexity index is 511. The van der Waals surface area contributed by atoms with E-state index in [1.54, 1.807) is 0 Å². The average molecular weight is 309 g/mol. The number of nitrogens with zero attached hydrogens (tertiary/aromatic N) is 2. The Morgan fingerprint density at radius 2 is 1.71 bits per heavy atom. The minimum absolute atomic E-state index is 0.151. The van der Waals surface area contributed by atoms with Gasteiger partial charge in [-0.15, -0.1) is 0 Å². The number of rotatable bonds is 4. The summed E-state index contributed by atoms with van der Waals surface area (Å²) in [7, 11) is 0. The maximum Gasteiger partial charge on any atom is 0.223 e. The third-order valence-electron chi connectivity index (χ3n) is 3.80. The topological polar surface area (TPSA) is 40.6 Å². The molecule has 2 amide bonds. The predicted molar refractivity (Wildman–Crippen MR) is 83.2 cm³/mol. The van der Waals surface area contributed by atoms with E-state index in [1.165, 1.54) is 0 Å². The second-order valence-electron chi connectivity index (χ2n) is 5.25. The average Bonchev–Trinajstić information content (AvgIpc) is 2.52. The number of hydrogen-bond donors (Lipinski definition) is 0. The molecule has 0 unspecified atom stereocenters. The minimum atomic E-state index is 0.151. The Labute approximate surface area is 130 Å². The molecule has 0 bridgehead atoms. The Kier molecular flexibility index (Phi) is 5.62. The van der Waals surface area contributed by atoms with E-state index in [4.69, 9.17) is 11.6 Å². The maximum atomic E-state index is 12.2. The number of carbonyl (C=O) groups excluding carboxylic acids is 2. The highest BCUT2D eigenvalue weighted by atomic mass is 35.5. The summed E-state index contributed by atoms with van der Waals surface area (Å²) in [6, 6.07) is 7.61. The summed E-state index contributed by atoms with van der Waals surface area (Å²) < 4.78 is 0. The highest BCUT2D eigenvalue weighted by Gasteiger charge is 2.22. The van der Waals surface area contributed by atoms with Crippen molar-refractivity contribution in [3.63, 3.8) is 0 Å². The highest BCUT2D eigenvalue weighted by Crippen LogP contribution is 2.13. The van der Waals surface area contributed by atoms with Crippen molar-refractivity contribution in [2.45, 2.75) is 26.2 Å². The molecule has 1 aliphatic heterocycles. The fraction of sp³-hybridized carbons (Fsp3) is 0.500. The first-order valence-electron chi connectivity index (χ1n) is 7.40. The molecule has 0 atom stereocenters. The molecule has 1 aromatic carbocycles. The lowest BCUT2D eigenvalue weighted by Crippen LogP contribution is -2.50. The third-order valence-corrected chi connectivity index (χ3v) is 4.04. The van der Waals surface area contributed by atoms with Crippen molar-refractivity contribution in [3.05, 3.63) is 34.9 Å². The number of aryl methyl sites for hydroxylation is 1. The van der Waals surface area contributed by atoms with Gasteiger partial charge < -0.3 is 9.80 Å². The summed E-state index contributed by atoms with van der Waals surface area (Å²) in [5, 5.41) is 0.701. The van der Waals surface area contributed by atoms with Gasteiger partial charge in [0.15, 0.2) is 0 Å². The Morgan fingerprint density at radius 1 is 1.10 bits per heavy atom. The Hall–Kier alpha value is -1.55. The van der Waals surface area contributed by atoms with Gasteiger partial charge in [0.05, 0.1) is 0 Å². The van der Waals surface area contributed by atoms with Crippen LogP contribution in [0, 0.1) is 0 Å². The monoisotopic (exact) mass is 308 g/mol. The summed E-state index contributed by atoms with van der Waals surface area (Å²) in [5.74, 6) is 0.319. The van der Waals surface area contributed by atoms with Gasteiger partial charge >= 0.3 is 0 Å². The lowest BCUT2D eigenvalue weighted by molar-refractivity contribution is -0.139. The molecular formula is C16H21ClN2O2. The van der Waals surface area contributed by atoms with E-state index in [2.05, 4.69) is 0 Å². The summed E-state index contributed by atoms with van der Waals surface area (Å²) >= 11 is 5.94. The van der Waals surface area contributed by atoms with Crippen LogP contribution in [0.2, 0.25) is 5.02 Å². The number of amides is 2. The van der Waals surface area contributed by atoms with Crippen LogP contribution in [-0.4, -0.2) is 47.8 Å². The number of piperazine rings is 1. The van der Waals surface area contributed by atoms with Gasteiger partial charge in [-0.25, -0.2) is 0 Å². The molecule has 5 heteroatoms. The fourth-order valence-electron chi connectivity index (χ4n) is 2.53. The lowest BCUT2D eigenvalue weighted by atomic mass is 10.1. The van der Waals surface area contributed by atoms with Crippen molar-refractivity contribution >= 4 is 23.4 Å². The molecule has 1 aliphatic rings. The van der Waals surface area contributed by atoms with Crippen LogP contribution in [-0.2, 0) is 16.0 Å². The first kappa shape index (κ1) is 15.8. The summed E-state index contributed by atoms with van der Waals surface area (Å²) in [6.07, 6.45) is 1.72. The standard InChI is InChI=1S/C16H21ClN2O2/c1-2-15(20)18-8-10-19(11-9-18)16(21)7-6-13-4-3-5-14(17)12-13/h3-5,12H,2,6-11H2,1H3. The van der Waals surface area contributed by atoms with Crippen LogP contribution >= 0.6 is 11.6 Å². The molecule has 0 saturated carbocycles. The van der Waals surface area contributed by atoms with Gasteiger partial charge in [0.1, 0.15) is 0 Å². The second-order valence-corrected chi connectivity index (χ2v) is 5.68. The molecule has 0 N–H and O–H groups in total. The van der Waals surface area contributed by atoms with E-state index in [1.807, 2.05) is 41.0 Å². The second kappa shape index (κ2) is 7.46. The van der Waals surface area contributed by atoms with Crippen molar-refractivity contribution in [1.29, 1.82) is 0 Å². The van der Waals surface area contributed by atoms with Gasteiger partial charge in [-0.3, -0.25) is 9.59 Å².